The lowest BCUT2D eigenvalue weighted by molar-refractivity contribution is -0.202. The van der Waals surface area contributed by atoms with Crippen molar-refractivity contribution >= 4 is 10.9 Å². The molecule has 0 aliphatic heterocycles. The lowest BCUT2D eigenvalue weighted by Crippen LogP contribution is -2.40. The maximum atomic E-state index is 12.4. The Morgan fingerprint density at radius 2 is 2.10 bits per heavy atom. The van der Waals surface area contributed by atoms with E-state index >= 15 is 0 Å². The van der Waals surface area contributed by atoms with Crippen molar-refractivity contribution in [1.29, 1.82) is 0 Å². The Bertz CT molecular complexity index is 635. The predicted octanol–water partition coefficient (Wildman–Crippen LogP) is 3.06. The van der Waals surface area contributed by atoms with E-state index < -0.39 is 18.8 Å². The molecule has 1 aliphatic carbocycles. The third-order valence-electron chi connectivity index (χ3n) is 4.05. The van der Waals surface area contributed by atoms with E-state index in [1.165, 1.54) is 5.56 Å². The van der Waals surface area contributed by atoms with E-state index in [2.05, 4.69) is 10.3 Å². The summed E-state index contributed by atoms with van der Waals surface area (Å²) in [6, 6.07) is 7.71. The van der Waals surface area contributed by atoms with E-state index in [1.54, 1.807) is 0 Å². The minimum atomic E-state index is -4.58. The molecule has 0 bridgehead atoms. The van der Waals surface area contributed by atoms with Gasteiger partial charge in [0, 0.05) is 29.2 Å². The first-order valence-corrected chi connectivity index (χ1v) is 7.04. The number of aryl methyl sites for hydroxylation is 1. The van der Waals surface area contributed by atoms with Gasteiger partial charge in [0.05, 0.1) is 0 Å². The average molecular weight is 298 g/mol. The number of aromatic amines is 1. The zero-order valence-electron chi connectivity index (χ0n) is 11.4. The molecule has 2 atom stereocenters. The highest BCUT2D eigenvalue weighted by Crippen LogP contribution is 2.34. The van der Waals surface area contributed by atoms with Gasteiger partial charge in [0.2, 0.25) is 0 Å². The van der Waals surface area contributed by atoms with Crippen LogP contribution in [0.4, 0.5) is 13.2 Å². The minimum absolute atomic E-state index is 0.168. The number of nitrogens with one attached hydrogen (secondary N) is 2. The Kier molecular flexibility index (Phi) is 3.67. The van der Waals surface area contributed by atoms with Crippen LogP contribution in [0.15, 0.2) is 24.3 Å². The molecule has 114 valence electrons. The molecule has 1 aromatic carbocycles. The van der Waals surface area contributed by atoms with Crippen molar-refractivity contribution in [2.24, 2.45) is 0 Å². The number of benzene rings is 1. The molecule has 2 unspecified atom stereocenters. The number of aromatic nitrogens is 1. The van der Waals surface area contributed by atoms with Gasteiger partial charge in [-0.25, -0.2) is 0 Å². The van der Waals surface area contributed by atoms with Gasteiger partial charge in [0.1, 0.15) is 0 Å². The van der Waals surface area contributed by atoms with Gasteiger partial charge < -0.3 is 15.4 Å². The lowest BCUT2D eigenvalue weighted by Gasteiger charge is -2.25. The van der Waals surface area contributed by atoms with Crippen molar-refractivity contribution in [3.8, 4) is 0 Å². The van der Waals surface area contributed by atoms with Crippen molar-refractivity contribution in [3.05, 3.63) is 35.5 Å². The van der Waals surface area contributed by atoms with Crippen molar-refractivity contribution in [3.63, 3.8) is 0 Å². The van der Waals surface area contributed by atoms with Crippen LogP contribution in [-0.4, -0.2) is 28.9 Å². The van der Waals surface area contributed by atoms with Crippen LogP contribution in [0.5, 0.6) is 0 Å². The first-order valence-electron chi connectivity index (χ1n) is 7.04. The van der Waals surface area contributed by atoms with Crippen molar-refractivity contribution in [1.82, 2.24) is 10.3 Å². The molecule has 6 heteroatoms. The van der Waals surface area contributed by atoms with Crippen LogP contribution < -0.4 is 5.32 Å². The molecular weight excluding hydrogens is 281 g/mol. The van der Waals surface area contributed by atoms with Crippen LogP contribution in [-0.2, 0) is 6.42 Å². The van der Waals surface area contributed by atoms with Gasteiger partial charge in [-0.3, -0.25) is 0 Å². The van der Waals surface area contributed by atoms with E-state index in [0.29, 0.717) is 0 Å². The molecule has 1 aromatic heterocycles. The van der Waals surface area contributed by atoms with Crippen LogP contribution in [0, 0.1) is 0 Å². The molecule has 21 heavy (non-hydrogen) atoms. The fourth-order valence-corrected chi connectivity index (χ4v) is 2.99. The predicted molar refractivity (Wildman–Crippen MR) is 74.0 cm³/mol. The third kappa shape index (κ3) is 2.78. The molecule has 0 saturated carbocycles. The summed E-state index contributed by atoms with van der Waals surface area (Å²) in [6.07, 6.45) is -4.28. The molecular formula is C15H17F3N2O. The van der Waals surface area contributed by atoms with Crippen LogP contribution in [0.1, 0.15) is 30.1 Å². The van der Waals surface area contributed by atoms with Gasteiger partial charge in [-0.05, 0) is 30.9 Å². The first-order chi connectivity index (χ1) is 9.97. The van der Waals surface area contributed by atoms with Gasteiger partial charge in [0.25, 0.3) is 0 Å². The van der Waals surface area contributed by atoms with E-state index in [9.17, 15) is 13.2 Å². The van der Waals surface area contributed by atoms with Crippen molar-refractivity contribution < 1.29 is 18.3 Å². The number of alkyl halides is 3. The number of rotatable bonds is 3. The Morgan fingerprint density at radius 3 is 2.86 bits per heavy atom. The SMILES string of the molecule is OC(CNC1CCCc2c1[nH]c1ccccc21)C(F)(F)F. The Morgan fingerprint density at radius 1 is 1.33 bits per heavy atom. The number of hydrogen-bond acceptors (Lipinski definition) is 2. The maximum absolute atomic E-state index is 12.4. The topological polar surface area (TPSA) is 48.0 Å². The van der Waals surface area contributed by atoms with E-state index in [1.807, 2.05) is 24.3 Å². The fraction of sp³-hybridized carbons (Fsp3) is 0.467. The summed E-state index contributed by atoms with van der Waals surface area (Å²) in [5.74, 6) is 0. The molecule has 0 saturated heterocycles. The minimum Gasteiger partial charge on any atom is -0.382 e. The van der Waals surface area contributed by atoms with Crippen molar-refractivity contribution in [2.75, 3.05) is 6.54 Å². The zero-order valence-corrected chi connectivity index (χ0v) is 11.4. The monoisotopic (exact) mass is 298 g/mol. The zero-order chi connectivity index (χ0) is 15.0. The molecule has 3 N–H and O–H groups in total. The summed E-state index contributed by atoms with van der Waals surface area (Å²) in [6.45, 7) is -0.483. The highest BCUT2D eigenvalue weighted by molar-refractivity contribution is 5.85. The van der Waals surface area contributed by atoms with Crippen LogP contribution in [0.25, 0.3) is 10.9 Å². The smallest absolute Gasteiger partial charge is 0.382 e. The Hall–Kier alpha value is -1.53. The van der Waals surface area contributed by atoms with E-state index in [0.717, 1.165) is 35.9 Å². The Balaban J connectivity index is 1.81. The largest absolute Gasteiger partial charge is 0.415 e. The normalized spacial score (nSPS) is 20.5. The molecule has 1 aliphatic rings. The van der Waals surface area contributed by atoms with Gasteiger partial charge in [-0.1, -0.05) is 18.2 Å². The molecule has 1 heterocycles. The number of halogens is 3. The maximum Gasteiger partial charge on any atom is 0.415 e. The lowest BCUT2D eigenvalue weighted by atomic mass is 9.91. The first kappa shape index (κ1) is 14.4. The van der Waals surface area contributed by atoms with Gasteiger partial charge in [-0.2, -0.15) is 13.2 Å². The molecule has 2 aromatic rings. The highest BCUT2D eigenvalue weighted by Gasteiger charge is 2.38. The van der Waals surface area contributed by atoms with E-state index in [-0.39, 0.29) is 6.04 Å². The number of para-hydroxylation sites is 1. The molecule has 0 radical (unpaired) electrons. The number of H-pyrrole nitrogens is 1. The van der Waals surface area contributed by atoms with Crippen LogP contribution in [0.3, 0.4) is 0 Å². The molecule has 0 amide bonds. The summed E-state index contributed by atoms with van der Waals surface area (Å²) in [5.41, 5.74) is 3.14. The van der Waals surface area contributed by atoms with E-state index in [4.69, 9.17) is 5.11 Å². The second kappa shape index (κ2) is 5.35. The summed E-state index contributed by atoms with van der Waals surface area (Å²) in [7, 11) is 0. The fourth-order valence-electron chi connectivity index (χ4n) is 2.99. The molecule has 3 nitrogen and oxygen atoms in total. The number of fused-ring (bicyclic) bond motifs is 3. The van der Waals surface area contributed by atoms with Gasteiger partial charge in [-0.15, -0.1) is 0 Å². The summed E-state index contributed by atoms with van der Waals surface area (Å²) < 4.78 is 37.1. The summed E-state index contributed by atoms with van der Waals surface area (Å²) >= 11 is 0. The third-order valence-corrected chi connectivity index (χ3v) is 4.05. The second-order valence-corrected chi connectivity index (χ2v) is 5.47. The number of aliphatic hydroxyl groups excluding tert-OH is 1. The number of aliphatic hydroxyl groups is 1. The van der Waals surface area contributed by atoms with Crippen LogP contribution in [0.2, 0.25) is 0 Å². The molecule has 0 spiro atoms. The number of hydrogen-bond donors (Lipinski definition) is 3. The summed E-state index contributed by atoms with van der Waals surface area (Å²) in [4.78, 5) is 3.30. The summed E-state index contributed by atoms with van der Waals surface area (Å²) in [5, 5.41) is 13.1. The van der Waals surface area contributed by atoms with Crippen LogP contribution >= 0.6 is 0 Å². The molecule has 3 rings (SSSR count). The highest BCUT2D eigenvalue weighted by atomic mass is 19.4. The average Bonchev–Trinajstić information content (AvgIpc) is 2.83. The van der Waals surface area contributed by atoms with Gasteiger partial charge >= 0.3 is 6.18 Å². The van der Waals surface area contributed by atoms with Crippen molar-refractivity contribution in [2.45, 2.75) is 37.6 Å². The van der Waals surface area contributed by atoms with Gasteiger partial charge in [0.15, 0.2) is 6.10 Å². The Labute approximate surface area is 120 Å². The standard InChI is InChI=1S/C15H17F3N2O/c16-15(17,18)13(21)8-19-12-7-3-5-10-9-4-1-2-6-11(9)20-14(10)12/h1-2,4,6,12-13,19-21H,3,5,7-8H2. The quantitative estimate of drug-likeness (QED) is 0.815. The molecule has 0 fully saturated rings. The second-order valence-electron chi connectivity index (χ2n) is 5.47.